The van der Waals surface area contributed by atoms with Gasteiger partial charge in [-0.15, -0.1) is 0 Å². The lowest BCUT2D eigenvalue weighted by Gasteiger charge is -2.12. The molecule has 0 saturated carbocycles. The van der Waals surface area contributed by atoms with Crippen LogP contribution in [-0.4, -0.2) is 33.0 Å². The van der Waals surface area contributed by atoms with E-state index in [-0.39, 0.29) is 16.8 Å². The lowest BCUT2D eigenvalue weighted by molar-refractivity contribution is -0.137. The molecule has 1 heterocycles. The van der Waals surface area contributed by atoms with Crippen molar-refractivity contribution in [3.63, 3.8) is 0 Å². The number of aromatic nitrogens is 2. The van der Waals surface area contributed by atoms with Gasteiger partial charge in [-0.25, -0.2) is 10.2 Å². The van der Waals surface area contributed by atoms with Gasteiger partial charge in [0.1, 0.15) is 11.6 Å². The summed E-state index contributed by atoms with van der Waals surface area (Å²) in [4.78, 5) is 36.1. The summed E-state index contributed by atoms with van der Waals surface area (Å²) in [5.41, 5.74) is -0.576. The van der Waals surface area contributed by atoms with Crippen molar-refractivity contribution >= 4 is 18.1 Å². The molecule has 3 aromatic rings. The Kier molecular flexibility index (Phi) is 6.58. The zero-order valence-electron chi connectivity index (χ0n) is 17.3. The topological polar surface area (TPSA) is 137 Å². The van der Waals surface area contributed by atoms with Crippen LogP contribution in [0.15, 0.2) is 58.4 Å². The Hall–Kier alpha value is -4.79. The first-order valence-electron chi connectivity index (χ1n) is 9.41. The predicted octanol–water partition coefficient (Wildman–Crippen LogP) is 2.89. The van der Waals surface area contributed by atoms with Gasteiger partial charge >= 0.3 is 12.1 Å². The second-order valence-electron chi connectivity index (χ2n) is 6.85. The van der Waals surface area contributed by atoms with E-state index in [4.69, 9.17) is 5.11 Å². The third-order valence-electron chi connectivity index (χ3n) is 4.62. The predicted molar refractivity (Wildman–Crippen MR) is 113 cm³/mol. The number of alkyl halides is 3. The van der Waals surface area contributed by atoms with Crippen LogP contribution in [0.2, 0.25) is 0 Å². The van der Waals surface area contributed by atoms with Crippen molar-refractivity contribution in [2.75, 3.05) is 0 Å². The summed E-state index contributed by atoms with van der Waals surface area (Å²) in [5, 5.41) is 25.9. The molecule has 0 spiro atoms. The molecule has 0 bridgehead atoms. The molecule has 0 radical (unpaired) electrons. The number of carboxylic acid groups (broad SMARTS) is 1. The molecule has 1 aromatic heterocycles. The zero-order chi connectivity index (χ0) is 25.0. The lowest BCUT2D eigenvalue weighted by atomic mass is 10.1. The molecule has 0 aliphatic rings. The Labute approximate surface area is 189 Å². The molecule has 1 amide bonds. The number of nitriles is 1. The quantitative estimate of drug-likeness (QED) is 0.435. The molecule has 0 fully saturated rings. The van der Waals surface area contributed by atoms with Gasteiger partial charge in [0.25, 0.3) is 11.5 Å². The summed E-state index contributed by atoms with van der Waals surface area (Å²) in [6.45, 7) is 1.30. The Morgan fingerprint density at radius 2 is 1.88 bits per heavy atom. The number of hydrazone groups is 1. The summed E-state index contributed by atoms with van der Waals surface area (Å²) < 4.78 is 39.8. The van der Waals surface area contributed by atoms with Crippen LogP contribution in [0.4, 0.5) is 13.2 Å². The average molecular weight is 469 g/mol. The van der Waals surface area contributed by atoms with E-state index in [9.17, 15) is 32.8 Å². The minimum absolute atomic E-state index is 0.0573. The van der Waals surface area contributed by atoms with E-state index in [0.29, 0.717) is 16.3 Å². The van der Waals surface area contributed by atoms with E-state index in [2.05, 4.69) is 15.6 Å². The number of halogens is 3. The summed E-state index contributed by atoms with van der Waals surface area (Å²) in [6.07, 6.45) is -3.47. The molecule has 172 valence electrons. The maximum atomic E-state index is 13.1. The molecule has 9 nitrogen and oxygen atoms in total. The number of rotatable bonds is 5. The highest BCUT2D eigenvalue weighted by Gasteiger charge is 2.31. The van der Waals surface area contributed by atoms with E-state index in [1.54, 1.807) is 6.07 Å². The van der Waals surface area contributed by atoms with Crippen LogP contribution in [0.1, 0.15) is 43.1 Å². The van der Waals surface area contributed by atoms with Gasteiger partial charge in [0, 0.05) is 5.56 Å². The Bertz CT molecular complexity index is 1400. The summed E-state index contributed by atoms with van der Waals surface area (Å²) in [6, 6.07) is 10.9. The first-order valence-corrected chi connectivity index (χ1v) is 9.41. The van der Waals surface area contributed by atoms with E-state index < -0.39 is 40.4 Å². The van der Waals surface area contributed by atoms with Gasteiger partial charge in [-0.3, -0.25) is 9.59 Å². The first-order chi connectivity index (χ1) is 16.0. The summed E-state index contributed by atoms with van der Waals surface area (Å²) >= 11 is 0. The van der Waals surface area contributed by atoms with Crippen LogP contribution in [0.3, 0.4) is 0 Å². The normalized spacial score (nSPS) is 11.3. The monoisotopic (exact) mass is 469 g/mol. The molecule has 2 aromatic carbocycles. The fraction of sp³-hybridized carbons (Fsp3) is 0.0909. The van der Waals surface area contributed by atoms with Gasteiger partial charge in [-0.05, 0) is 42.8 Å². The largest absolute Gasteiger partial charge is 0.478 e. The SMILES string of the molecule is Cc1c(C(=O)N/N=C/c2ccc(C(=O)O)cc2)nn(-c2cccc(C(F)(F)F)c2)c(=O)c1C#N. The van der Waals surface area contributed by atoms with Crippen molar-refractivity contribution in [2.24, 2.45) is 5.10 Å². The molecule has 0 aliphatic carbocycles. The fourth-order valence-corrected chi connectivity index (χ4v) is 2.87. The second-order valence-corrected chi connectivity index (χ2v) is 6.85. The van der Waals surface area contributed by atoms with Gasteiger partial charge < -0.3 is 5.11 Å². The molecule has 12 heteroatoms. The lowest BCUT2D eigenvalue weighted by Crippen LogP contribution is -2.31. The number of amides is 1. The molecule has 0 atom stereocenters. The number of carboxylic acids is 1. The van der Waals surface area contributed by atoms with Crippen LogP contribution in [0, 0.1) is 18.3 Å². The zero-order valence-corrected chi connectivity index (χ0v) is 17.3. The maximum absolute atomic E-state index is 13.1. The van der Waals surface area contributed by atoms with Crippen LogP contribution in [0.5, 0.6) is 0 Å². The van der Waals surface area contributed by atoms with E-state index in [1.807, 2.05) is 0 Å². The van der Waals surface area contributed by atoms with Crippen molar-refractivity contribution in [3.8, 4) is 11.8 Å². The van der Waals surface area contributed by atoms with E-state index in [1.165, 1.54) is 43.5 Å². The van der Waals surface area contributed by atoms with E-state index in [0.717, 1.165) is 12.1 Å². The molecular weight excluding hydrogens is 455 g/mol. The van der Waals surface area contributed by atoms with Crippen LogP contribution in [-0.2, 0) is 6.18 Å². The number of aromatic carboxylic acids is 1. The van der Waals surface area contributed by atoms with Crippen LogP contribution in [0.25, 0.3) is 5.69 Å². The third kappa shape index (κ3) is 4.99. The first kappa shape index (κ1) is 23.9. The highest BCUT2D eigenvalue weighted by Crippen LogP contribution is 2.30. The van der Waals surface area contributed by atoms with Crippen molar-refractivity contribution in [3.05, 3.63) is 92.4 Å². The fourth-order valence-electron chi connectivity index (χ4n) is 2.87. The summed E-state index contributed by atoms with van der Waals surface area (Å²) in [5.74, 6) is -2.03. The van der Waals surface area contributed by atoms with Crippen LogP contribution >= 0.6 is 0 Å². The molecule has 34 heavy (non-hydrogen) atoms. The molecule has 0 unspecified atom stereocenters. The third-order valence-corrected chi connectivity index (χ3v) is 4.62. The number of carbonyl (C=O) groups excluding carboxylic acids is 1. The molecule has 0 aliphatic heterocycles. The Morgan fingerprint density at radius 1 is 1.21 bits per heavy atom. The number of hydrogen-bond donors (Lipinski definition) is 2. The van der Waals surface area contributed by atoms with Crippen molar-refractivity contribution in [1.29, 1.82) is 5.26 Å². The average Bonchev–Trinajstić information content (AvgIpc) is 2.79. The van der Waals surface area contributed by atoms with Crippen molar-refractivity contribution < 1.29 is 27.9 Å². The maximum Gasteiger partial charge on any atom is 0.416 e. The smallest absolute Gasteiger partial charge is 0.416 e. The van der Waals surface area contributed by atoms with Gasteiger partial charge in [0.05, 0.1) is 23.0 Å². The van der Waals surface area contributed by atoms with Crippen LogP contribution < -0.4 is 11.0 Å². The standard InChI is InChI=1S/C22H14F3N5O4/c1-12-17(10-26)20(32)30(16-4-2-3-15(9-16)22(23,24)25)29-18(12)19(31)28-27-11-13-5-7-14(8-6-13)21(33)34/h2-9,11H,1H3,(H,28,31)(H,33,34)/b27-11+. The van der Waals surface area contributed by atoms with E-state index >= 15 is 0 Å². The molecular formula is C22H14F3N5O4. The number of benzene rings is 2. The van der Waals surface area contributed by atoms with Crippen molar-refractivity contribution in [1.82, 2.24) is 15.2 Å². The minimum atomic E-state index is -4.68. The van der Waals surface area contributed by atoms with Gasteiger partial charge in [0.15, 0.2) is 5.69 Å². The summed E-state index contributed by atoms with van der Waals surface area (Å²) in [7, 11) is 0. The number of nitrogens with one attached hydrogen (secondary N) is 1. The van der Waals surface area contributed by atoms with Gasteiger partial charge in [-0.1, -0.05) is 18.2 Å². The molecule has 2 N–H and O–H groups in total. The Morgan fingerprint density at radius 3 is 2.47 bits per heavy atom. The number of hydrogen-bond acceptors (Lipinski definition) is 6. The van der Waals surface area contributed by atoms with Crippen molar-refractivity contribution in [2.45, 2.75) is 13.1 Å². The highest BCUT2D eigenvalue weighted by molar-refractivity contribution is 5.95. The Balaban J connectivity index is 1.96. The number of carbonyl (C=O) groups is 2. The van der Waals surface area contributed by atoms with Gasteiger partial charge in [-0.2, -0.15) is 33.3 Å². The molecule has 0 saturated heterocycles. The molecule has 3 rings (SSSR count). The highest BCUT2D eigenvalue weighted by atomic mass is 19.4. The second kappa shape index (κ2) is 9.37. The van der Waals surface area contributed by atoms with Gasteiger partial charge in [0.2, 0.25) is 0 Å². The number of nitrogens with zero attached hydrogens (tertiary/aromatic N) is 4. The minimum Gasteiger partial charge on any atom is -0.478 e.